The van der Waals surface area contributed by atoms with Crippen LogP contribution in [0.3, 0.4) is 0 Å². The molecular formula is C36H40ClN5O3. The van der Waals surface area contributed by atoms with Gasteiger partial charge in [0.15, 0.2) is 0 Å². The largest absolute Gasteiger partial charge is 0.478 e. The summed E-state index contributed by atoms with van der Waals surface area (Å²) in [7, 11) is 0. The Morgan fingerprint density at radius 3 is 2.60 bits per heavy atom. The van der Waals surface area contributed by atoms with E-state index in [4.69, 9.17) is 16.3 Å². The van der Waals surface area contributed by atoms with Crippen LogP contribution in [-0.4, -0.2) is 71.3 Å². The number of carbonyl (C=O) groups is 1. The van der Waals surface area contributed by atoms with Crippen molar-refractivity contribution in [1.82, 2.24) is 14.9 Å². The first kappa shape index (κ1) is 29.7. The highest BCUT2D eigenvalue weighted by atomic mass is 35.5. The highest BCUT2D eigenvalue weighted by Gasteiger charge is 2.31. The fourth-order valence-corrected chi connectivity index (χ4v) is 7.19. The normalized spacial score (nSPS) is 20.3. The van der Waals surface area contributed by atoms with Crippen molar-refractivity contribution < 1.29 is 14.6 Å². The van der Waals surface area contributed by atoms with E-state index in [2.05, 4.69) is 50.6 Å². The summed E-state index contributed by atoms with van der Waals surface area (Å²) in [6.07, 6.45) is 5.10. The predicted octanol–water partition coefficient (Wildman–Crippen LogP) is 7.62. The number of carboxylic acid groups (broad SMARTS) is 1. The van der Waals surface area contributed by atoms with Crippen LogP contribution in [0.15, 0.2) is 66.4 Å². The minimum atomic E-state index is -0.946. The van der Waals surface area contributed by atoms with E-state index in [0.29, 0.717) is 23.5 Å². The van der Waals surface area contributed by atoms with Gasteiger partial charge in [-0.1, -0.05) is 43.2 Å². The lowest BCUT2D eigenvalue weighted by Crippen LogP contribution is -2.47. The van der Waals surface area contributed by atoms with Gasteiger partial charge in [-0.15, -0.1) is 0 Å². The number of rotatable bonds is 6. The first-order chi connectivity index (χ1) is 21.6. The second-order valence-corrected chi connectivity index (χ2v) is 13.9. The summed E-state index contributed by atoms with van der Waals surface area (Å²) in [5.74, 6) is -0.435. The molecule has 4 aromatic rings. The van der Waals surface area contributed by atoms with Crippen LogP contribution in [0.5, 0.6) is 5.88 Å². The molecule has 8 nitrogen and oxygen atoms in total. The molecule has 1 saturated heterocycles. The monoisotopic (exact) mass is 625 g/mol. The number of hydrogen-bond acceptors (Lipinski definition) is 6. The molecule has 7 rings (SSSR count). The number of piperazine rings is 1. The minimum Gasteiger partial charge on any atom is -0.478 e. The lowest BCUT2D eigenvalue weighted by Gasteiger charge is -2.40. The van der Waals surface area contributed by atoms with Gasteiger partial charge in [0, 0.05) is 55.0 Å². The smallest absolute Gasteiger partial charge is 0.337 e. The summed E-state index contributed by atoms with van der Waals surface area (Å²) in [6, 6.07) is 18.1. The number of anilines is 3. The van der Waals surface area contributed by atoms with Gasteiger partial charge in [0.2, 0.25) is 5.88 Å². The number of aromatic carboxylic acids is 1. The number of fused-ring (bicyclic) bond motifs is 2. The van der Waals surface area contributed by atoms with Crippen LogP contribution < -0.4 is 14.5 Å². The van der Waals surface area contributed by atoms with Gasteiger partial charge in [0.1, 0.15) is 17.4 Å². The lowest BCUT2D eigenvalue weighted by atomic mass is 9.72. The van der Waals surface area contributed by atoms with Gasteiger partial charge in [0.25, 0.3) is 0 Å². The van der Waals surface area contributed by atoms with Gasteiger partial charge < -0.3 is 24.6 Å². The Morgan fingerprint density at radius 1 is 1.07 bits per heavy atom. The molecule has 0 bridgehead atoms. The standard InChI is InChI=1S/C36H40ClN5O3/c1-23-21-42(32-18-25-11-13-38-33(25)39-34(32)45-23)31-19-28(8-9-29(31)35(43)44)41-16-14-40(15-17-41)22-26-10-12-36(2,3)20-30(26)24-4-6-27(37)7-5-24/h4-9,11,13,18-19,23H,10,12,14-17,20-22H2,1-3H3,(H,38,39)(H,43,44)/t23-/m0/s1. The number of allylic oxidation sites excluding steroid dienone is 1. The van der Waals surface area contributed by atoms with Crippen LogP contribution in [0, 0.1) is 5.41 Å². The number of hydrogen-bond donors (Lipinski definition) is 2. The molecule has 0 radical (unpaired) electrons. The minimum absolute atomic E-state index is 0.149. The Bertz CT molecular complexity index is 1770. The summed E-state index contributed by atoms with van der Waals surface area (Å²) >= 11 is 6.22. The molecule has 9 heteroatoms. The topological polar surface area (TPSA) is 84.9 Å². The number of nitrogens with zero attached hydrogens (tertiary/aromatic N) is 4. The molecule has 1 atom stereocenters. The SMILES string of the molecule is C[C@H]1CN(c2cc(N3CCN(CC4=C(c5ccc(Cl)cc5)CC(C)(C)CC4)CC3)ccc2C(=O)O)c2cc3cc[nH]c3nc2O1. The van der Waals surface area contributed by atoms with E-state index in [-0.39, 0.29) is 11.7 Å². The van der Waals surface area contributed by atoms with Gasteiger partial charge in [-0.05, 0) is 85.2 Å². The predicted molar refractivity (Wildman–Crippen MR) is 181 cm³/mol. The molecular weight excluding hydrogens is 586 g/mol. The van der Waals surface area contributed by atoms with Gasteiger partial charge in [-0.2, -0.15) is 4.98 Å². The van der Waals surface area contributed by atoms with Crippen molar-refractivity contribution in [2.75, 3.05) is 49.1 Å². The zero-order valence-electron chi connectivity index (χ0n) is 26.1. The molecule has 0 unspecified atom stereocenters. The van der Waals surface area contributed by atoms with E-state index in [9.17, 15) is 9.90 Å². The molecule has 0 saturated carbocycles. The number of aromatic amines is 1. The quantitative estimate of drug-likeness (QED) is 0.228. The molecule has 2 N–H and O–H groups in total. The van der Waals surface area contributed by atoms with Crippen molar-refractivity contribution in [3.63, 3.8) is 0 Å². The van der Waals surface area contributed by atoms with Crippen molar-refractivity contribution in [2.24, 2.45) is 5.41 Å². The second-order valence-electron chi connectivity index (χ2n) is 13.5. The van der Waals surface area contributed by atoms with Crippen LogP contribution in [0.25, 0.3) is 16.6 Å². The van der Waals surface area contributed by atoms with E-state index in [0.717, 1.165) is 73.0 Å². The van der Waals surface area contributed by atoms with Crippen LogP contribution in [-0.2, 0) is 0 Å². The Kier molecular flexibility index (Phi) is 7.74. The molecule has 1 fully saturated rings. The summed E-state index contributed by atoms with van der Waals surface area (Å²) in [5.41, 5.74) is 8.11. The summed E-state index contributed by atoms with van der Waals surface area (Å²) in [6.45, 7) is 11.9. The van der Waals surface area contributed by atoms with E-state index >= 15 is 0 Å². The molecule has 2 aromatic carbocycles. The number of benzene rings is 2. The van der Waals surface area contributed by atoms with E-state index < -0.39 is 5.97 Å². The molecule has 234 valence electrons. The molecule has 2 aliphatic heterocycles. The summed E-state index contributed by atoms with van der Waals surface area (Å²) in [4.78, 5) is 27.3. The third-order valence-corrected chi connectivity index (χ3v) is 9.81. The van der Waals surface area contributed by atoms with Crippen molar-refractivity contribution in [3.05, 3.63) is 82.5 Å². The highest BCUT2D eigenvalue weighted by molar-refractivity contribution is 6.30. The Labute approximate surface area is 269 Å². The number of ether oxygens (including phenoxy) is 1. The molecule has 2 aromatic heterocycles. The first-order valence-electron chi connectivity index (χ1n) is 15.9. The van der Waals surface area contributed by atoms with E-state index in [1.807, 2.05) is 49.5 Å². The second kappa shape index (κ2) is 11.7. The number of aromatic nitrogens is 2. The van der Waals surface area contributed by atoms with Gasteiger partial charge in [-0.25, -0.2) is 4.79 Å². The molecule has 3 aliphatic rings. The Hall–Kier alpha value is -4.01. The van der Waals surface area contributed by atoms with Gasteiger partial charge >= 0.3 is 5.97 Å². The number of pyridine rings is 1. The maximum Gasteiger partial charge on any atom is 0.337 e. The number of H-pyrrole nitrogens is 1. The molecule has 0 amide bonds. The summed E-state index contributed by atoms with van der Waals surface area (Å²) in [5, 5.41) is 11.9. The van der Waals surface area contributed by atoms with Crippen LogP contribution in [0.1, 0.15) is 56.0 Å². The maximum absolute atomic E-state index is 12.4. The number of carboxylic acids is 1. The van der Waals surface area contributed by atoms with E-state index in [1.54, 1.807) is 11.6 Å². The third-order valence-electron chi connectivity index (χ3n) is 9.56. The average Bonchev–Trinajstić information content (AvgIpc) is 3.48. The number of halogens is 1. The van der Waals surface area contributed by atoms with Crippen LogP contribution >= 0.6 is 11.6 Å². The van der Waals surface area contributed by atoms with Crippen molar-refractivity contribution in [2.45, 2.75) is 46.1 Å². The Balaban J connectivity index is 1.12. The highest BCUT2D eigenvalue weighted by Crippen LogP contribution is 2.44. The molecule has 0 spiro atoms. The molecule has 45 heavy (non-hydrogen) atoms. The first-order valence-corrected chi connectivity index (χ1v) is 16.3. The maximum atomic E-state index is 12.4. The number of nitrogens with one attached hydrogen (secondary N) is 1. The fraction of sp³-hybridized carbons (Fsp3) is 0.389. The Morgan fingerprint density at radius 2 is 1.84 bits per heavy atom. The van der Waals surface area contributed by atoms with E-state index in [1.165, 1.54) is 17.6 Å². The van der Waals surface area contributed by atoms with Gasteiger partial charge in [0.05, 0.1) is 17.8 Å². The van der Waals surface area contributed by atoms with Crippen molar-refractivity contribution in [3.8, 4) is 5.88 Å². The van der Waals surface area contributed by atoms with Crippen LogP contribution in [0.2, 0.25) is 5.02 Å². The van der Waals surface area contributed by atoms with Crippen LogP contribution in [0.4, 0.5) is 17.1 Å². The zero-order valence-corrected chi connectivity index (χ0v) is 26.9. The third kappa shape index (κ3) is 6.01. The average molecular weight is 626 g/mol. The molecule has 1 aliphatic carbocycles. The fourth-order valence-electron chi connectivity index (χ4n) is 7.06. The lowest BCUT2D eigenvalue weighted by molar-refractivity contribution is 0.0697. The van der Waals surface area contributed by atoms with Gasteiger partial charge in [-0.3, -0.25) is 4.90 Å². The zero-order chi connectivity index (χ0) is 31.3. The van der Waals surface area contributed by atoms with Crippen molar-refractivity contribution in [1.29, 1.82) is 0 Å². The molecule has 4 heterocycles. The van der Waals surface area contributed by atoms with Crippen molar-refractivity contribution >= 4 is 51.2 Å². The summed E-state index contributed by atoms with van der Waals surface area (Å²) < 4.78 is 6.09.